The van der Waals surface area contributed by atoms with E-state index in [0.29, 0.717) is 0 Å². The van der Waals surface area contributed by atoms with Gasteiger partial charge in [-0.25, -0.2) is 0 Å². The molecule has 2 heterocycles. The Hall–Kier alpha value is -1.20. The summed E-state index contributed by atoms with van der Waals surface area (Å²) >= 11 is 3.60. The van der Waals surface area contributed by atoms with Crippen LogP contribution < -0.4 is 0 Å². The molecule has 0 aliphatic rings. The van der Waals surface area contributed by atoms with Crippen molar-refractivity contribution in [3.05, 3.63) is 45.4 Å². The van der Waals surface area contributed by atoms with Crippen molar-refractivity contribution >= 4 is 15.9 Å². The van der Waals surface area contributed by atoms with Gasteiger partial charge in [0.25, 0.3) is 0 Å². The minimum absolute atomic E-state index is 0.832. The molecule has 0 atom stereocenters. The Balaban J connectivity index is 2.07. The largest absolute Gasteiger partial charge is 0.295 e. The Bertz CT molecular complexity index is 577. The highest BCUT2D eigenvalue weighted by Gasteiger charge is 2.13. The number of pyridine rings is 1. The van der Waals surface area contributed by atoms with Gasteiger partial charge in [0.2, 0.25) is 0 Å². The zero-order chi connectivity index (χ0) is 14.0. The number of rotatable bonds is 4. The fourth-order valence-electron chi connectivity index (χ4n) is 2.13. The molecule has 2 aromatic heterocycles. The molecule has 0 spiro atoms. The molecular weight excluding hydrogens is 304 g/mol. The first-order valence-electron chi connectivity index (χ1n) is 6.26. The Morgan fingerprint density at radius 2 is 2.00 bits per heavy atom. The lowest BCUT2D eigenvalue weighted by atomic mass is 10.3. The Labute approximate surface area is 122 Å². The van der Waals surface area contributed by atoms with E-state index in [1.807, 2.05) is 31.6 Å². The molecule has 2 rings (SSSR count). The Morgan fingerprint density at radius 3 is 2.58 bits per heavy atom. The van der Waals surface area contributed by atoms with Crippen LogP contribution in [0.4, 0.5) is 0 Å². The lowest BCUT2D eigenvalue weighted by molar-refractivity contribution is 0.305. The molecule has 5 heteroatoms. The van der Waals surface area contributed by atoms with Crippen LogP contribution in [0, 0.1) is 13.8 Å². The quantitative estimate of drug-likeness (QED) is 0.868. The molecular formula is C14H19BrN4. The van der Waals surface area contributed by atoms with Crippen molar-refractivity contribution in [3.63, 3.8) is 0 Å². The van der Waals surface area contributed by atoms with Gasteiger partial charge in [0.05, 0.1) is 21.6 Å². The molecule has 0 saturated heterocycles. The second kappa shape index (κ2) is 5.84. The van der Waals surface area contributed by atoms with E-state index in [1.54, 1.807) is 0 Å². The SMILES string of the molecule is Cc1cccc(CN(C)Cc2c(Br)c(C)nn2C)n1. The summed E-state index contributed by atoms with van der Waals surface area (Å²) in [7, 11) is 4.07. The molecule has 0 aliphatic carbocycles. The molecule has 2 aromatic rings. The highest BCUT2D eigenvalue weighted by Crippen LogP contribution is 2.21. The van der Waals surface area contributed by atoms with E-state index >= 15 is 0 Å². The average molecular weight is 323 g/mol. The van der Waals surface area contributed by atoms with Crippen LogP contribution in [0.3, 0.4) is 0 Å². The molecule has 0 N–H and O–H groups in total. The number of nitrogens with zero attached hydrogens (tertiary/aromatic N) is 4. The van der Waals surface area contributed by atoms with Crippen molar-refractivity contribution in [1.82, 2.24) is 19.7 Å². The first kappa shape index (κ1) is 14.2. The second-order valence-electron chi connectivity index (χ2n) is 4.91. The van der Waals surface area contributed by atoms with Crippen LogP contribution in [-0.2, 0) is 20.1 Å². The van der Waals surface area contributed by atoms with Gasteiger partial charge in [-0.05, 0) is 49.0 Å². The molecule has 0 aromatic carbocycles. The van der Waals surface area contributed by atoms with Gasteiger partial charge in [-0.15, -0.1) is 0 Å². The first-order chi connectivity index (χ1) is 8.97. The lowest BCUT2D eigenvalue weighted by Gasteiger charge is -2.16. The molecule has 0 unspecified atom stereocenters. The average Bonchev–Trinajstić information content (AvgIpc) is 2.56. The van der Waals surface area contributed by atoms with Crippen molar-refractivity contribution in [1.29, 1.82) is 0 Å². The predicted molar refractivity (Wildman–Crippen MR) is 79.8 cm³/mol. The summed E-state index contributed by atoms with van der Waals surface area (Å²) in [6.07, 6.45) is 0. The Morgan fingerprint density at radius 1 is 1.26 bits per heavy atom. The number of hydrogen-bond acceptors (Lipinski definition) is 3. The molecule has 0 amide bonds. The third-order valence-electron chi connectivity index (χ3n) is 3.06. The zero-order valence-corrected chi connectivity index (χ0v) is 13.4. The van der Waals surface area contributed by atoms with Gasteiger partial charge in [-0.3, -0.25) is 14.6 Å². The molecule has 4 nitrogen and oxygen atoms in total. The summed E-state index contributed by atoms with van der Waals surface area (Å²) in [5.41, 5.74) is 4.37. The van der Waals surface area contributed by atoms with Crippen LogP contribution in [-0.4, -0.2) is 26.7 Å². The number of hydrogen-bond donors (Lipinski definition) is 0. The van der Waals surface area contributed by atoms with Gasteiger partial charge >= 0.3 is 0 Å². The van der Waals surface area contributed by atoms with Gasteiger partial charge < -0.3 is 0 Å². The van der Waals surface area contributed by atoms with E-state index in [1.165, 1.54) is 5.69 Å². The third kappa shape index (κ3) is 3.42. The molecule has 102 valence electrons. The Kier molecular flexibility index (Phi) is 4.37. The van der Waals surface area contributed by atoms with Crippen LogP contribution in [0.1, 0.15) is 22.8 Å². The van der Waals surface area contributed by atoms with E-state index in [9.17, 15) is 0 Å². The van der Waals surface area contributed by atoms with Crippen molar-refractivity contribution in [2.24, 2.45) is 7.05 Å². The summed E-state index contributed by atoms with van der Waals surface area (Å²) < 4.78 is 3.03. The second-order valence-corrected chi connectivity index (χ2v) is 5.71. The fourth-order valence-corrected chi connectivity index (χ4v) is 2.59. The summed E-state index contributed by atoms with van der Waals surface area (Å²) in [4.78, 5) is 6.77. The van der Waals surface area contributed by atoms with Crippen molar-refractivity contribution in [3.8, 4) is 0 Å². The molecule has 0 radical (unpaired) electrons. The lowest BCUT2D eigenvalue weighted by Crippen LogP contribution is -2.20. The highest BCUT2D eigenvalue weighted by molar-refractivity contribution is 9.10. The molecule has 0 aliphatic heterocycles. The fraction of sp³-hybridized carbons (Fsp3) is 0.429. The standard InChI is InChI=1S/C14H19BrN4/c1-10-6-5-7-12(16-10)8-18(3)9-13-14(15)11(2)17-19(13)4/h5-7H,8-9H2,1-4H3. The third-order valence-corrected chi connectivity index (χ3v) is 4.09. The number of aromatic nitrogens is 3. The molecule has 0 bridgehead atoms. The summed E-state index contributed by atoms with van der Waals surface area (Å²) in [6, 6.07) is 6.13. The molecule has 19 heavy (non-hydrogen) atoms. The van der Waals surface area contributed by atoms with Crippen LogP contribution in [0.5, 0.6) is 0 Å². The van der Waals surface area contributed by atoms with E-state index in [0.717, 1.165) is 34.6 Å². The van der Waals surface area contributed by atoms with Crippen molar-refractivity contribution in [2.75, 3.05) is 7.05 Å². The maximum atomic E-state index is 4.53. The zero-order valence-electron chi connectivity index (χ0n) is 11.8. The summed E-state index contributed by atoms with van der Waals surface area (Å²) in [5.74, 6) is 0. The van der Waals surface area contributed by atoms with Crippen molar-refractivity contribution in [2.45, 2.75) is 26.9 Å². The minimum Gasteiger partial charge on any atom is -0.295 e. The van der Waals surface area contributed by atoms with Gasteiger partial charge in [0, 0.05) is 25.8 Å². The van der Waals surface area contributed by atoms with E-state index in [-0.39, 0.29) is 0 Å². The minimum atomic E-state index is 0.832. The molecule has 0 fully saturated rings. The van der Waals surface area contributed by atoms with Gasteiger partial charge in [-0.2, -0.15) is 5.10 Å². The van der Waals surface area contributed by atoms with Gasteiger partial charge in [-0.1, -0.05) is 6.07 Å². The summed E-state index contributed by atoms with van der Waals surface area (Å²) in [6.45, 7) is 5.70. The van der Waals surface area contributed by atoms with Crippen LogP contribution in [0.25, 0.3) is 0 Å². The smallest absolute Gasteiger partial charge is 0.0739 e. The van der Waals surface area contributed by atoms with Crippen LogP contribution >= 0.6 is 15.9 Å². The predicted octanol–water partition coefficient (Wildman–Crippen LogP) is 2.83. The van der Waals surface area contributed by atoms with E-state index in [4.69, 9.17) is 0 Å². The van der Waals surface area contributed by atoms with Crippen molar-refractivity contribution < 1.29 is 0 Å². The van der Waals surface area contributed by atoms with E-state index in [2.05, 4.69) is 50.1 Å². The monoisotopic (exact) mass is 322 g/mol. The topological polar surface area (TPSA) is 34.0 Å². The number of aryl methyl sites for hydroxylation is 3. The normalized spacial score (nSPS) is 11.3. The molecule has 0 saturated carbocycles. The van der Waals surface area contributed by atoms with Gasteiger partial charge in [0.1, 0.15) is 0 Å². The van der Waals surface area contributed by atoms with E-state index < -0.39 is 0 Å². The summed E-state index contributed by atoms with van der Waals surface area (Å²) in [5, 5.41) is 4.41. The van der Waals surface area contributed by atoms with Crippen LogP contribution in [0.2, 0.25) is 0 Å². The maximum Gasteiger partial charge on any atom is 0.0739 e. The van der Waals surface area contributed by atoms with Crippen LogP contribution in [0.15, 0.2) is 22.7 Å². The number of halogens is 1. The maximum absolute atomic E-state index is 4.53. The highest BCUT2D eigenvalue weighted by atomic mass is 79.9. The first-order valence-corrected chi connectivity index (χ1v) is 7.05. The van der Waals surface area contributed by atoms with Gasteiger partial charge in [0.15, 0.2) is 0 Å².